The molecule has 1 aliphatic rings. The van der Waals surface area contributed by atoms with Crippen LogP contribution in [0.5, 0.6) is 0 Å². The third-order valence-electron chi connectivity index (χ3n) is 4.20. The lowest BCUT2D eigenvalue weighted by Crippen LogP contribution is -2.40. The molecule has 0 unspecified atom stereocenters. The van der Waals surface area contributed by atoms with E-state index in [9.17, 15) is 4.79 Å². The lowest BCUT2D eigenvalue weighted by Gasteiger charge is -2.38. The van der Waals surface area contributed by atoms with Gasteiger partial charge in [0.15, 0.2) is 0 Å². The smallest absolute Gasteiger partial charge is 0.248 e. The second-order valence-electron chi connectivity index (χ2n) is 5.64. The van der Waals surface area contributed by atoms with Crippen molar-refractivity contribution in [1.82, 2.24) is 4.90 Å². The van der Waals surface area contributed by atoms with Crippen molar-refractivity contribution in [2.24, 2.45) is 5.73 Å². The predicted octanol–water partition coefficient (Wildman–Crippen LogP) is 1.83. The first-order valence-corrected chi connectivity index (χ1v) is 7.36. The SMILES string of the molecule is Cc1cc(C(N)=O)ccc1CN(CCCO)C1CCC1. The third kappa shape index (κ3) is 3.58. The standard InChI is InChI=1S/C16H24N2O2/c1-12-10-13(16(17)20)6-7-14(12)11-18(8-3-9-19)15-4-2-5-15/h6-7,10,15,19H,2-5,8-9,11H2,1H3,(H2,17,20). The molecule has 0 spiro atoms. The van der Waals surface area contributed by atoms with Crippen LogP contribution in [0.4, 0.5) is 0 Å². The summed E-state index contributed by atoms with van der Waals surface area (Å²) in [5.74, 6) is -0.379. The third-order valence-corrected chi connectivity index (χ3v) is 4.20. The Morgan fingerprint density at radius 3 is 2.70 bits per heavy atom. The molecular weight excluding hydrogens is 252 g/mol. The van der Waals surface area contributed by atoms with E-state index in [-0.39, 0.29) is 12.5 Å². The van der Waals surface area contributed by atoms with E-state index in [2.05, 4.69) is 4.90 Å². The molecule has 1 amide bonds. The molecule has 4 nitrogen and oxygen atoms in total. The molecule has 2 rings (SSSR count). The lowest BCUT2D eigenvalue weighted by atomic mass is 9.90. The normalized spacial score (nSPS) is 15.3. The number of aliphatic hydroxyl groups excluding tert-OH is 1. The largest absolute Gasteiger partial charge is 0.396 e. The van der Waals surface area contributed by atoms with E-state index in [1.807, 2.05) is 19.1 Å². The maximum absolute atomic E-state index is 11.2. The molecule has 0 radical (unpaired) electrons. The van der Waals surface area contributed by atoms with E-state index in [0.717, 1.165) is 25.1 Å². The number of hydrogen-bond donors (Lipinski definition) is 2. The second-order valence-corrected chi connectivity index (χ2v) is 5.64. The molecule has 1 saturated carbocycles. The van der Waals surface area contributed by atoms with Gasteiger partial charge in [0.2, 0.25) is 5.91 Å². The van der Waals surface area contributed by atoms with E-state index in [0.29, 0.717) is 11.6 Å². The molecule has 1 fully saturated rings. The van der Waals surface area contributed by atoms with Gasteiger partial charge in [-0.15, -0.1) is 0 Å². The molecule has 0 saturated heterocycles. The Hall–Kier alpha value is -1.39. The van der Waals surface area contributed by atoms with Gasteiger partial charge in [0, 0.05) is 31.3 Å². The number of aliphatic hydroxyl groups is 1. The monoisotopic (exact) mass is 276 g/mol. The van der Waals surface area contributed by atoms with Crippen molar-refractivity contribution in [1.29, 1.82) is 0 Å². The minimum atomic E-state index is -0.379. The van der Waals surface area contributed by atoms with Gasteiger partial charge in [0.25, 0.3) is 0 Å². The highest BCUT2D eigenvalue weighted by molar-refractivity contribution is 5.93. The molecule has 0 heterocycles. The maximum atomic E-state index is 11.2. The van der Waals surface area contributed by atoms with Gasteiger partial charge < -0.3 is 10.8 Å². The van der Waals surface area contributed by atoms with E-state index in [1.165, 1.54) is 24.8 Å². The van der Waals surface area contributed by atoms with Crippen LogP contribution in [-0.4, -0.2) is 35.1 Å². The van der Waals surface area contributed by atoms with Crippen LogP contribution in [0.15, 0.2) is 18.2 Å². The number of amides is 1. The molecular formula is C16H24N2O2. The van der Waals surface area contributed by atoms with Crippen LogP contribution in [-0.2, 0) is 6.54 Å². The van der Waals surface area contributed by atoms with E-state index in [4.69, 9.17) is 10.8 Å². The number of aryl methyl sites for hydroxylation is 1. The molecule has 1 aliphatic carbocycles. The van der Waals surface area contributed by atoms with Gasteiger partial charge in [-0.1, -0.05) is 12.5 Å². The van der Waals surface area contributed by atoms with Crippen LogP contribution in [0, 0.1) is 6.92 Å². The fourth-order valence-corrected chi connectivity index (χ4v) is 2.66. The van der Waals surface area contributed by atoms with Crippen molar-refractivity contribution >= 4 is 5.91 Å². The summed E-state index contributed by atoms with van der Waals surface area (Å²) in [5, 5.41) is 9.03. The molecule has 4 heteroatoms. The maximum Gasteiger partial charge on any atom is 0.248 e. The predicted molar refractivity (Wildman–Crippen MR) is 79.4 cm³/mol. The molecule has 1 aromatic rings. The van der Waals surface area contributed by atoms with E-state index in [1.54, 1.807) is 6.07 Å². The lowest BCUT2D eigenvalue weighted by molar-refractivity contribution is 0.0999. The fraction of sp³-hybridized carbons (Fsp3) is 0.562. The zero-order valence-corrected chi connectivity index (χ0v) is 12.1. The van der Waals surface area contributed by atoms with Gasteiger partial charge in [0.05, 0.1) is 0 Å². The quantitative estimate of drug-likeness (QED) is 0.798. The highest BCUT2D eigenvalue weighted by Gasteiger charge is 2.24. The summed E-state index contributed by atoms with van der Waals surface area (Å²) in [5.41, 5.74) is 8.21. The van der Waals surface area contributed by atoms with Crippen LogP contribution in [0.1, 0.15) is 47.2 Å². The van der Waals surface area contributed by atoms with Crippen molar-refractivity contribution in [3.8, 4) is 0 Å². The molecule has 0 aliphatic heterocycles. The summed E-state index contributed by atoms with van der Waals surface area (Å²) in [4.78, 5) is 13.6. The molecule has 1 aromatic carbocycles. The van der Waals surface area contributed by atoms with Crippen molar-refractivity contribution in [2.45, 2.75) is 45.2 Å². The number of rotatable bonds is 7. The number of carbonyl (C=O) groups is 1. The van der Waals surface area contributed by atoms with Crippen molar-refractivity contribution in [3.05, 3.63) is 34.9 Å². The van der Waals surface area contributed by atoms with Gasteiger partial charge in [-0.2, -0.15) is 0 Å². The zero-order valence-electron chi connectivity index (χ0n) is 12.1. The van der Waals surface area contributed by atoms with Gasteiger partial charge in [-0.3, -0.25) is 9.69 Å². The van der Waals surface area contributed by atoms with Gasteiger partial charge in [-0.05, 0) is 49.4 Å². The minimum absolute atomic E-state index is 0.239. The first-order chi connectivity index (χ1) is 9.61. The molecule has 110 valence electrons. The summed E-state index contributed by atoms with van der Waals surface area (Å²) in [6.07, 6.45) is 4.63. The molecule has 20 heavy (non-hydrogen) atoms. The van der Waals surface area contributed by atoms with Crippen LogP contribution < -0.4 is 5.73 Å². The average molecular weight is 276 g/mol. The fourth-order valence-electron chi connectivity index (χ4n) is 2.66. The highest BCUT2D eigenvalue weighted by atomic mass is 16.3. The summed E-state index contributed by atoms with van der Waals surface area (Å²) in [6, 6.07) is 6.31. The first-order valence-electron chi connectivity index (χ1n) is 7.36. The summed E-state index contributed by atoms with van der Waals surface area (Å²) in [7, 11) is 0. The van der Waals surface area contributed by atoms with Crippen molar-refractivity contribution < 1.29 is 9.90 Å². The topological polar surface area (TPSA) is 66.6 Å². The first kappa shape index (κ1) is 15.0. The van der Waals surface area contributed by atoms with Crippen LogP contribution in [0.3, 0.4) is 0 Å². The molecule has 0 atom stereocenters. The molecule has 0 aromatic heterocycles. The number of carbonyl (C=O) groups excluding carboxylic acids is 1. The Morgan fingerprint density at radius 2 is 2.20 bits per heavy atom. The number of hydrogen-bond acceptors (Lipinski definition) is 3. The summed E-state index contributed by atoms with van der Waals surface area (Å²) < 4.78 is 0. The van der Waals surface area contributed by atoms with Gasteiger partial charge in [0.1, 0.15) is 0 Å². The van der Waals surface area contributed by atoms with Crippen molar-refractivity contribution in [2.75, 3.05) is 13.2 Å². The molecule has 3 N–H and O–H groups in total. The Balaban J connectivity index is 2.07. The number of nitrogens with zero attached hydrogens (tertiary/aromatic N) is 1. The average Bonchev–Trinajstić information content (AvgIpc) is 2.35. The Bertz CT molecular complexity index is 470. The van der Waals surface area contributed by atoms with Crippen LogP contribution >= 0.6 is 0 Å². The van der Waals surface area contributed by atoms with E-state index < -0.39 is 0 Å². The van der Waals surface area contributed by atoms with Gasteiger partial charge >= 0.3 is 0 Å². The van der Waals surface area contributed by atoms with Crippen LogP contribution in [0.2, 0.25) is 0 Å². The van der Waals surface area contributed by atoms with E-state index >= 15 is 0 Å². The Labute approximate surface area is 120 Å². The van der Waals surface area contributed by atoms with Crippen LogP contribution in [0.25, 0.3) is 0 Å². The zero-order chi connectivity index (χ0) is 14.5. The summed E-state index contributed by atoms with van der Waals surface area (Å²) >= 11 is 0. The van der Waals surface area contributed by atoms with Gasteiger partial charge in [-0.25, -0.2) is 0 Å². The highest BCUT2D eigenvalue weighted by Crippen LogP contribution is 2.27. The Kier molecular flexibility index (Phi) is 5.15. The molecule has 0 bridgehead atoms. The van der Waals surface area contributed by atoms with Crippen molar-refractivity contribution in [3.63, 3.8) is 0 Å². The number of benzene rings is 1. The minimum Gasteiger partial charge on any atom is -0.396 e. The summed E-state index contributed by atoms with van der Waals surface area (Å²) in [6.45, 7) is 4.07. The Morgan fingerprint density at radius 1 is 1.45 bits per heavy atom. The number of nitrogens with two attached hydrogens (primary N) is 1. The second kappa shape index (κ2) is 6.86. The number of primary amides is 1.